The second-order valence-corrected chi connectivity index (χ2v) is 5.19. The molecule has 0 aliphatic rings. The lowest BCUT2D eigenvalue weighted by Crippen LogP contribution is -2.27. The zero-order valence-electron chi connectivity index (χ0n) is 13.6. The van der Waals surface area contributed by atoms with Crippen molar-refractivity contribution in [3.8, 4) is 0 Å². The number of ether oxygens (including phenoxy) is 2. The molecule has 1 amide bonds. The fourth-order valence-corrected chi connectivity index (χ4v) is 1.97. The lowest BCUT2D eigenvalue weighted by atomic mass is 10.1. The molecular formula is C19H19NO5. The van der Waals surface area contributed by atoms with Crippen LogP contribution in [0.5, 0.6) is 0 Å². The highest BCUT2D eigenvalue weighted by Crippen LogP contribution is 2.02. The van der Waals surface area contributed by atoms with Gasteiger partial charge in [0.2, 0.25) is 0 Å². The van der Waals surface area contributed by atoms with Gasteiger partial charge in [-0.25, -0.2) is 4.79 Å². The molecule has 0 bridgehead atoms. The van der Waals surface area contributed by atoms with E-state index < -0.39 is 12.1 Å². The van der Waals surface area contributed by atoms with Gasteiger partial charge >= 0.3 is 12.1 Å². The minimum atomic E-state index is -0.614. The Morgan fingerprint density at radius 3 is 2.16 bits per heavy atom. The molecule has 0 aromatic heterocycles. The van der Waals surface area contributed by atoms with E-state index in [1.54, 1.807) is 30.3 Å². The van der Waals surface area contributed by atoms with Gasteiger partial charge < -0.3 is 14.8 Å². The monoisotopic (exact) mass is 341 g/mol. The topological polar surface area (TPSA) is 81.7 Å². The summed E-state index contributed by atoms with van der Waals surface area (Å²) in [5.41, 5.74) is 1.36. The summed E-state index contributed by atoms with van der Waals surface area (Å²) in [6.45, 7) is -0.0873. The molecule has 2 aromatic rings. The SMILES string of the molecule is O=C(CCNC(=O)OCc1ccccc1)OCC(=O)c1ccccc1. The highest BCUT2D eigenvalue weighted by atomic mass is 16.5. The molecule has 0 saturated heterocycles. The number of hydrogen-bond donors (Lipinski definition) is 1. The molecular weight excluding hydrogens is 322 g/mol. The molecule has 0 aliphatic heterocycles. The second kappa shape index (κ2) is 9.87. The summed E-state index contributed by atoms with van der Waals surface area (Å²) in [4.78, 5) is 34.9. The summed E-state index contributed by atoms with van der Waals surface area (Å²) < 4.78 is 9.90. The maximum atomic E-state index is 11.8. The molecule has 2 rings (SSSR count). The Hall–Kier alpha value is -3.15. The largest absolute Gasteiger partial charge is 0.457 e. The van der Waals surface area contributed by atoms with Gasteiger partial charge in [-0.1, -0.05) is 60.7 Å². The molecule has 0 unspecified atom stereocenters. The summed E-state index contributed by atoms with van der Waals surface area (Å²) in [6, 6.07) is 17.8. The summed E-state index contributed by atoms with van der Waals surface area (Å²) >= 11 is 0. The molecule has 25 heavy (non-hydrogen) atoms. The summed E-state index contributed by atoms with van der Waals surface area (Å²) in [5.74, 6) is -0.836. The quantitative estimate of drug-likeness (QED) is 0.590. The fourth-order valence-electron chi connectivity index (χ4n) is 1.97. The van der Waals surface area contributed by atoms with Crippen LogP contribution in [0.25, 0.3) is 0 Å². The van der Waals surface area contributed by atoms with Gasteiger partial charge in [-0.05, 0) is 5.56 Å². The van der Waals surface area contributed by atoms with E-state index in [1.807, 2.05) is 30.3 Å². The molecule has 0 saturated carbocycles. The van der Waals surface area contributed by atoms with Crippen molar-refractivity contribution in [3.05, 3.63) is 71.8 Å². The normalized spacial score (nSPS) is 9.92. The van der Waals surface area contributed by atoms with Gasteiger partial charge in [-0.3, -0.25) is 9.59 Å². The number of amides is 1. The van der Waals surface area contributed by atoms with Crippen LogP contribution in [0.15, 0.2) is 60.7 Å². The van der Waals surface area contributed by atoms with E-state index in [4.69, 9.17) is 9.47 Å². The number of Topliss-reactive ketones (excluding diaryl/α,β-unsaturated/α-hetero) is 1. The van der Waals surface area contributed by atoms with Gasteiger partial charge in [0.05, 0.1) is 6.42 Å². The Morgan fingerprint density at radius 2 is 1.48 bits per heavy atom. The van der Waals surface area contributed by atoms with Crippen molar-refractivity contribution in [2.45, 2.75) is 13.0 Å². The van der Waals surface area contributed by atoms with Gasteiger partial charge in [-0.2, -0.15) is 0 Å². The van der Waals surface area contributed by atoms with Crippen molar-refractivity contribution >= 4 is 17.8 Å². The maximum absolute atomic E-state index is 11.8. The first kappa shape index (κ1) is 18.2. The van der Waals surface area contributed by atoms with E-state index in [0.29, 0.717) is 5.56 Å². The molecule has 0 aliphatic carbocycles. The van der Waals surface area contributed by atoms with Crippen molar-refractivity contribution in [1.82, 2.24) is 5.32 Å². The summed E-state index contributed by atoms with van der Waals surface area (Å²) in [5, 5.41) is 2.46. The van der Waals surface area contributed by atoms with Crippen LogP contribution in [0.2, 0.25) is 0 Å². The average molecular weight is 341 g/mol. The predicted molar refractivity (Wildman–Crippen MR) is 91.0 cm³/mol. The van der Waals surface area contributed by atoms with Crippen molar-refractivity contribution in [3.63, 3.8) is 0 Å². The Labute approximate surface area is 145 Å². The first-order valence-corrected chi connectivity index (χ1v) is 7.83. The van der Waals surface area contributed by atoms with Crippen LogP contribution in [0.3, 0.4) is 0 Å². The average Bonchev–Trinajstić information content (AvgIpc) is 2.66. The van der Waals surface area contributed by atoms with Gasteiger partial charge in [0.1, 0.15) is 6.61 Å². The molecule has 6 nitrogen and oxygen atoms in total. The van der Waals surface area contributed by atoms with Crippen LogP contribution < -0.4 is 5.32 Å². The summed E-state index contributed by atoms with van der Waals surface area (Å²) in [6.07, 6.45) is -0.653. The van der Waals surface area contributed by atoms with Gasteiger partial charge in [0, 0.05) is 12.1 Å². The van der Waals surface area contributed by atoms with E-state index in [-0.39, 0.29) is 32.0 Å². The zero-order valence-corrected chi connectivity index (χ0v) is 13.6. The van der Waals surface area contributed by atoms with Crippen molar-refractivity contribution in [2.75, 3.05) is 13.2 Å². The minimum absolute atomic E-state index is 0.0392. The van der Waals surface area contributed by atoms with Crippen LogP contribution >= 0.6 is 0 Å². The fraction of sp³-hybridized carbons (Fsp3) is 0.211. The van der Waals surface area contributed by atoms with Crippen molar-refractivity contribution in [2.24, 2.45) is 0 Å². The highest BCUT2D eigenvalue weighted by Gasteiger charge is 2.10. The first-order chi connectivity index (χ1) is 12.1. The van der Waals surface area contributed by atoms with Crippen LogP contribution in [0.1, 0.15) is 22.3 Å². The molecule has 0 fully saturated rings. The summed E-state index contributed by atoms with van der Waals surface area (Å²) in [7, 11) is 0. The third-order valence-corrected chi connectivity index (χ3v) is 3.27. The molecule has 0 heterocycles. The number of nitrogens with one attached hydrogen (secondary N) is 1. The number of carbonyl (C=O) groups excluding carboxylic acids is 3. The number of esters is 1. The first-order valence-electron chi connectivity index (χ1n) is 7.83. The molecule has 130 valence electrons. The third kappa shape index (κ3) is 6.87. The molecule has 1 N–H and O–H groups in total. The molecule has 2 aromatic carbocycles. The zero-order chi connectivity index (χ0) is 17.9. The van der Waals surface area contributed by atoms with Gasteiger partial charge in [-0.15, -0.1) is 0 Å². The lowest BCUT2D eigenvalue weighted by molar-refractivity contribution is -0.142. The molecule has 0 atom stereocenters. The number of ketones is 1. The van der Waals surface area contributed by atoms with Crippen molar-refractivity contribution in [1.29, 1.82) is 0 Å². The maximum Gasteiger partial charge on any atom is 0.407 e. The third-order valence-electron chi connectivity index (χ3n) is 3.27. The predicted octanol–water partition coefficient (Wildman–Crippen LogP) is 2.73. The standard InChI is InChI=1S/C19H19NO5/c21-17(16-9-5-2-6-10-16)14-24-18(22)11-12-20-19(23)25-13-15-7-3-1-4-8-15/h1-10H,11-14H2,(H,20,23). The number of alkyl carbamates (subject to hydrolysis) is 1. The van der Waals surface area contributed by atoms with Crippen LogP contribution in [0, 0.1) is 0 Å². The number of hydrogen-bond acceptors (Lipinski definition) is 5. The molecule has 0 radical (unpaired) electrons. The number of carbonyl (C=O) groups is 3. The smallest absolute Gasteiger partial charge is 0.407 e. The van der Waals surface area contributed by atoms with Gasteiger partial charge in [0.15, 0.2) is 12.4 Å². The van der Waals surface area contributed by atoms with Crippen LogP contribution in [0.4, 0.5) is 4.79 Å². The van der Waals surface area contributed by atoms with Crippen molar-refractivity contribution < 1.29 is 23.9 Å². The minimum Gasteiger partial charge on any atom is -0.457 e. The second-order valence-electron chi connectivity index (χ2n) is 5.19. The number of rotatable bonds is 8. The van der Waals surface area contributed by atoms with E-state index in [2.05, 4.69) is 5.32 Å². The highest BCUT2D eigenvalue weighted by molar-refractivity contribution is 5.97. The lowest BCUT2D eigenvalue weighted by Gasteiger charge is -2.07. The Morgan fingerprint density at radius 1 is 0.840 bits per heavy atom. The molecule has 6 heteroatoms. The van der Waals surface area contributed by atoms with E-state index in [9.17, 15) is 14.4 Å². The number of benzene rings is 2. The molecule has 0 spiro atoms. The Bertz CT molecular complexity index is 700. The van der Waals surface area contributed by atoms with Gasteiger partial charge in [0.25, 0.3) is 0 Å². The van der Waals surface area contributed by atoms with E-state index in [0.717, 1.165) is 5.56 Å². The van der Waals surface area contributed by atoms with Crippen LogP contribution in [-0.2, 0) is 20.9 Å². The Kier molecular flexibility index (Phi) is 7.18. The van der Waals surface area contributed by atoms with Crippen LogP contribution in [-0.4, -0.2) is 31.0 Å². The Balaban J connectivity index is 1.58. The van der Waals surface area contributed by atoms with E-state index in [1.165, 1.54) is 0 Å². The van der Waals surface area contributed by atoms with E-state index >= 15 is 0 Å².